The Balaban J connectivity index is 2.27. The minimum absolute atomic E-state index is 0.122. The highest BCUT2D eigenvalue weighted by Gasteiger charge is 2.29. The van der Waals surface area contributed by atoms with E-state index in [-0.39, 0.29) is 17.4 Å². The highest BCUT2D eigenvalue weighted by Crippen LogP contribution is 2.50. The van der Waals surface area contributed by atoms with Crippen molar-refractivity contribution in [1.29, 1.82) is 0 Å². The van der Waals surface area contributed by atoms with E-state index in [2.05, 4.69) is 24.7 Å². The van der Waals surface area contributed by atoms with Crippen molar-refractivity contribution in [2.24, 2.45) is 0 Å². The topological polar surface area (TPSA) is 90.3 Å². The largest absolute Gasteiger partial charge is 0.493 e. The maximum Gasteiger partial charge on any atom is 0.217 e. The van der Waals surface area contributed by atoms with Crippen LogP contribution in [0.2, 0.25) is 0 Å². The molecule has 1 amide bonds. The summed E-state index contributed by atoms with van der Waals surface area (Å²) < 4.78 is 17.0. The molecule has 0 aliphatic heterocycles. The van der Waals surface area contributed by atoms with Crippen molar-refractivity contribution < 1.29 is 23.9 Å². The maximum atomic E-state index is 13.1. The van der Waals surface area contributed by atoms with Crippen LogP contribution in [0.5, 0.6) is 17.2 Å². The Bertz CT molecular complexity index is 1080. The highest BCUT2D eigenvalue weighted by molar-refractivity contribution is 5.83. The molecule has 2 aromatic rings. The van der Waals surface area contributed by atoms with Crippen molar-refractivity contribution in [3.05, 3.63) is 45.6 Å². The van der Waals surface area contributed by atoms with E-state index in [4.69, 9.17) is 14.2 Å². The van der Waals surface area contributed by atoms with Crippen LogP contribution < -0.4 is 35.2 Å². The molecule has 0 bridgehead atoms. The Morgan fingerprint density at radius 1 is 1.09 bits per heavy atom. The van der Waals surface area contributed by atoms with Gasteiger partial charge >= 0.3 is 0 Å². The third kappa shape index (κ3) is 5.22. The average Bonchev–Trinajstić information content (AvgIpc) is 3.01. The lowest BCUT2D eigenvalue weighted by Gasteiger charge is -2.19. The number of ether oxygens (including phenoxy) is 3. The second-order valence-electron chi connectivity index (χ2n) is 8.48. The zero-order valence-electron chi connectivity index (χ0n) is 20.3. The Hall–Kier alpha value is -3.26. The van der Waals surface area contributed by atoms with Crippen molar-refractivity contribution in [1.82, 2.24) is 5.32 Å². The molecule has 0 aromatic heterocycles. The van der Waals surface area contributed by atoms with E-state index in [0.717, 1.165) is 28.8 Å². The van der Waals surface area contributed by atoms with E-state index < -0.39 is 0 Å². The first-order chi connectivity index (χ1) is 15.8. The molecule has 0 radical (unpaired) electrons. The number of benzene rings is 1. The lowest BCUT2D eigenvalue weighted by atomic mass is 9.95. The molecule has 1 atom stereocenters. The number of amides is 1. The first-order valence-electron chi connectivity index (χ1n) is 11.1. The molecular weight excluding hydrogens is 422 g/mol. The number of hydrogen-bond donors (Lipinski definition) is 3. The number of fused-ring (bicyclic) bond motifs is 3. The summed E-state index contributed by atoms with van der Waals surface area (Å²) in [4.78, 5) is 26.4. The van der Waals surface area contributed by atoms with Crippen LogP contribution in [0.4, 0.5) is 5.69 Å². The summed E-state index contributed by atoms with van der Waals surface area (Å²) in [7, 11) is 8.88. The van der Waals surface area contributed by atoms with E-state index in [0.29, 0.717) is 42.3 Å². The second-order valence-corrected chi connectivity index (χ2v) is 8.48. The van der Waals surface area contributed by atoms with Crippen LogP contribution >= 0.6 is 0 Å². The summed E-state index contributed by atoms with van der Waals surface area (Å²) in [5, 5.41) is 6.28. The molecule has 178 valence electrons. The van der Waals surface area contributed by atoms with Gasteiger partial charge in [-0.3, -0.25) is 9.59 Å². The summed E-state index contributed by atoms with van der Waals surface area (Å²) in [6.07, 6.45) is 1.30. The number of nitrogens with one attached hydrogen (secondary N) is 3. The van der Waals surface area contributed by atoms with E-state index in [9.17, 15) is 9.59 Å². The Morgan fingerprint density at radius 3 is 2.42 bits per heavy atom. The summed E-state index contributed by atoms with van der Waals surface area (Å²) >= 11 is 0. The van der Waals surface area contributed by atoms with Gasteiger partial charge in [-0.15, -0.1) is 0 Å². The van der Waals surface area contributed by atoms with Gasteiger partial charge in [-0.05, 0) is 47.7 Å². The van der Waals surface area contributed by atoms with Crippen molar-refractivity contribution in [2.45, 2.75) is 25.8 Å². The predicted molar refractivity (Wildman–Crippen MR) is 129 cm³/mol. The molecule has 8 heteroatoms. The van der Waals surface area contributed by atoms with Crippen molar-refractivity contribution in [3.8, 4) is 28.4 Å². The smallest absolute Gasteiger partial charge is 0.217 e. The minimum atomic E-state index is -0.314. The molecule has 0 spiro atoms. The fourth-order valence-corrected chi connectivity index (χ4v) is 4.30. The Labute approximate surface area is 194 Å². The standard InChI is InChI=1S/C25H33N3O5/c1-15(29)27-19-9-7-16-13-22(31-4)24(32-5)25(33-6)23(16)17-8-10-20(21(30)14-18(17)19)26-11-12-28(2)3/h8,10,13-14,19H,7,9,11-12H2,1-6H3,(H,26,30)(H,27,29)/p+1/t19-/m0/s1. The van der Waals surface area contributed by atoms with Gasteiger partial charge in [0.1, 0.15) is 0 Å². The number of carbonyl (C=O) groups is 1. The molecule has 0 saturated carbocycles. The Morgan fingerprint density at radius 2 is 1.82 bits per heavy atom. The SMILES string of the molecule is COc1cc2c(c(OC)c1OC)-c1ccc(NCC[NH+](C)C)c(=O)cc1[C@@H](NC(C)=O)CC2. The molecule has 1 aliphatic rings. The lowest BCUT2D eigenvalue weighted by Crippen LogP contribution is -3.06. The van der Waals surface area contributed by atoms with Crippen molar-refractivity contribution in [2.75, 3.05) is 53.8 Å². The van der Waals surface area contributed by atoms with Gasteiger partial charge in [-0.25, -0.2) is 0 Å². The molecule has 8 nitrogen and oxygen atoms in total. The second kappa shape index (κ2) is 10.6. The number of anilines is 1. The molecule has 33 heavy (non-hydrogen) atoms. The summed E-state index contributed by atoms with van der Waals surface area (Å²) in [6, 6.07) is 7.00. The number of likely N-dealkylation sites (N-methyl/N-ethyl adjacent to an activating group) is 1. The summed E-state index contributed by atoms with van der Waals surface area (Å²) in [5.74, 6) is 1.46. The van der Waals surface area contributed by atoms with Gasteiger partial charge < -0.3 is 29.7 Å². The molecule has 2 aromatic carbocycles. The zero-order chi connectivity index (χ0) is 24.1. The normalized spacial score (nSPS) is 14.6. The predicted octanol–water partition coefficient (Wildman–Crippen LogP) is 1.42. The first-order valence-corrected chi connectivity index (χ1v) is 11.1. The van der Waals surface area contributed by atoms with Crippen molar-refractivity contribution >= 4 is 11.6 Å². The zero-order valence-corrected chi connectivity index (χ0v) is 20.3. The van der Waals surface area contributed by atoms with E-state index in [1.54, 1.807) is 27.4 Å². The molecule has 0 heterocycles. The fraction of sp³-hybridized carbons (Fsp3) is 0.440. The fourth-order valence-electron chi connectivity index (χ4n) is 4.30. The van der Waals surface area contributed by atoms with Gasteiger partial charge in [0.15, 0.2) is 11.5 Å². The van der Waals surface area contributed by atoms with Crippen LogP contribution in [0.3, 0.4) is 0 Å². The number of carbonyl (C=O) groups excluding carboxylic acids is 1. The highest BCUT2D eigenvalue weighted by atomic mass is 16.5. The van der Waals surface area contributed by atoms with Gasteiger partial charge in [-0.2, -0.15) is 0 Å². The molecule has 3 rings (SSSR count). The molecule has 0 unspecified atom stereocenters. The van der Waals surface area contributed by atoms with Gasteiger partial charge in [0.05, 0.1) is 60.2 Å². The summed E-state index contributed by atoms with van der Waals surface area (Å²) in [6.45, 7) is 3.04. The molecule has 0 saturated heterocycles. The van der Waals surface area contributed by atoms with E-state index in [1.807, 2.05) is 18.2 Å². The number of quaternary nitrogens is 1. The van der Waals surface area contributed by atoms with Crippen LogP contribution in [-0.2, 0) is 11.2 Å². The average molecular weight is 457 g/mol. The van der Waals surface area contributed by atoms with E-state index in [1.165, 1.54) is 11.8 Å². The van der Waals surface area contributed by atoms with Gasteiger partial charge in [0.2, 0.25) is 17.1 Å². The third-order valence-corrected chi connectivity index (χ3v) is 5.86. The van der Waals surface area contributed by atoms with Crippen molar-refractivity contribution in [3.63, 3.8) is 0 Å². The molecule has 3 N–H and O–H groups in total. The lowest BCUT2D eigenvalue weighted by molar-refractivity contribution is -0.856. The van der Waals surface area contributed by atoms with Crippen LogP contribution in [0.15, 0.2) is 29.1 Å². The van der Waals surface area contributed by atoms with E-state index >= 15 is 0 Å². The van der Waals surface area contributed by atoms with Crippen LogP contribution in [0, 0.1) is 0 Å². The monoisotopic (exact) mass is 456 g/mol. The van der Waals surface area contributed by atoms with Crippen LogP contribution in [0.25, 0.3) is 11.1 Å². The summed E-state index contributed by atoms with van der Waals surface area (Å²) in [5.41, 5.74) is 3.82. The number of methoxy groups -OCH3 is 3. The minimum Gasteiger partial charge on any atom is -0.493 e. The molecule has 1 aliphatic carbocycles. The number of rotatable bonds is 8. The maximum absolute atomic E-state index is 13.1. The molecular formula is C25H34N3O5+. The van der Waals surface area contributed by atoms with Gasteiger partial charge in [-0.1, -0.05) is 6.07 Å². The Kier molecular flexibility index (Phi) is 7.81. The number of aryl methyl sites for hydroxylation is 1. The number of hydrogen-bond acceptors (Lipinski definition) is 6. The van der Waals surface area contributed by atoms with Crippen LogP contribution in [-0.4, -0.2) is 54.4 Å². The third-order valence-electron chi connectivity index (χ3n) is 5.86. The molecule has 0 fully saturated rings. The first kappa shape index (κ1) is 24.4. The van der Waals surface area contributed by atoms with Gasteiger partial charge in [0, 0.05) is 12.5 Å². The quantitative estimate of drug-likeness (QED) is 0.557. The van der Waals surface area contributed by atoms with Crippen LogP contribution in [0.1, 0.15) is 30.5 Å². The van der Waals surface area contributed by atoms with Gasteiger partial charge in [0.25, 0.3) is 0 Å².